The summed E-state index contributed by atoms with van der Waals surface area (Å²) in [5, 5.41) is 10.0. The van der Waals surface area contributed by atoms with E-state index in [9.17, 15) is 13.5 Å². The molecule has 1 aliphatic rings. The Morgan fingerprint density at radius 2 is 2.17 bits per heavy atom. The molecule has 0 amide bonds. The van der Waals surface area contributed by atoms with Gasteiger partial charge in [0.1, 0.15) is 11.6 Å². The molecule has 4 N–H and O–H groups in total. The molecule has 0 bridgehead atoms. The number of nitrogens with zero attached hydrogens (tertiary/aromatic N) is 2. The van der Waals surface area contributed by atoms with Gasteiger partial charge in [0.25, 0.3) is 0 Å². The highest BCUT2D eigenvalue weighted by Crippen LogP contribution is 2.38. The van der Waals surface area contributed by atoms with Crippen molar-refractivity contribution in [1.29, 1.82) is 0 Å². The van der Waals surface area contributed by atoms with E-state index in [1.807, 2.05) is 11.9 Å². The first-order chi connectivity index (χ1) is 10.8. The minimum atomic E-state index is -3.43. The Kier molecular flexibility index (Phi) is 5.49. The minimum Gasteiger partial charge on any atom is -0.387 e. The molecule has 23 heavy (non-hydrogen) atoms. The number of pyridine rings is 1. The third-order valence-electron chi connectivity index (χ3n) is 4.26. The van der Waals surface area contributed by atoms with Crippen molar-refractivity contribution >= 4 is 21.7 Å². The number of nitrogens with one attached hydrogen (secondary N) is 1. The van der Waals surface area contributed by atoms with Gasteiger partial charge in [0.2, 0.25) is 10.0 Å². The van der Waals surface area contributed by atoms with Crippen molar-refractivity contribution in [2.75, 3.05) is 35.5 Å². The average molecular weight is 342 g/mol. The molecule has 1 saturated carbocycles. The van der Waals surface area contributed by atoms with Crippen LogP contribution < -0.4 is 15.4 Å². The van der Waals surface area contributed by atoms with Crippen LogP contribution in [0.2, 0.25) is 0 Å². The Morgan fingerprint density at radius 1 is 1.52 bits per heavy atom. The lowest BCUT2D eigenvalue weighted by atomic mass is 10.1. The number of hydrogen-bond acceptors (Lipinski definition) is 6. The summed E-state index contributed by atoms with van der Waals surface area (Å²) in [5.41, 5.74) is 6.08. The van der Waals surface area contributed by atoms with Crippen LogP contribution in [0, 0.1) is 11.8 Å². The molecule has 1 heterocycles. The lowest BCUT2D eigenvalue weighted by molar-refractivity contribution is 0.186. The van der Waals surface area contributed by atoms with Crippen molar-refractivity contribution in [3.8, 4) is 0 Å². The highest BCUT2D eigenvalue weighted by atomic mass is 32.2. The van der Waals surface area contributed by atoms with Gasteiger partial charge in [0.05, 0.1) is 11.9 Å². The molecule has 0 radical (unpaired) electrons. The Hall–Kier alpha value is -1.38. The van der Waals surface area contributed by atoms with Crippen LogP contribution in [0.4, 0.5) is 11.6 Å². The standard InChI is InChI=1S/C15H26N4O3S/c1-4-23(21,22)18-14-6-11(13(20)8-16)7-15(17-14)19(3)9-12-5-10(12)2/h6-7,10,12-13,20H,4-5,8-9,16H2,1-3H3,(H,17,18). The van der Waals surface area contributed by atoms with Crippen LogP contribution in [0.1, 0.15) is 31.9 Å². The van der Waals surface area contributed by atoms with Gasteiger partial charge in [-0.25, -0.2) is 13.4 Å². The molecule has 130 valence electrons. The predicted octanol–water partition coefficient (Wildman–Crippen LogP) is 0.927. The number of hydrogen-bond donors (Lipinski definition) is 3. The summed E-state index contributed by atoms with van der Waals surface area (Å²) < 4.78 is 26.0. The van der Waals surface area contributed by atoms with E-state index in [4.69, 9.17) is 5.73 Å². The molecule has 0 spiro atoms. The number of aromatic nitrogens is 1. The van der Waals surface area contributed by atoms with E-state index >= 15 is 0 Å². The molecule has 2 rings (SSSR count). The maximum Gasteiger partial charge on any atom is 0.233 e. The highest BCUT2D eigenvalue weighted by molar-refractivity contribution is 7.92. The molecule has 1 aromatic rings. The summed E-state index contributed by atoms with van der Waals surface area (Å²) in [4.78, 5) is 6.36. The van der Waals surface area contributed by atoms with Crippen LogP contribution in [-0.2, 0) is 10.0 Å². The maximum absolute atomic E-state index is 11.8. The van der Waals surface area contributed by atoms with Crippen LogP contribution >= 0.6 is 0 Å². The number of anilines is 2. The minimum absolute atomic E-state index is 0.0386. The van der Waals surface area contributed by atoms with Gasteiger partial charge in [0.15, 0.2) is 0 Å². The van der Waals surface area contributed by atoms with Crippen LogP contribution in [0.15, 0.2) is 12.1 Å². The third-order valence-corrected chi connectivity index (χ3v) is 5.54. The fourth-order valence-corrected chi connectivity index (χ4v) is 3.01. The van der Waals surface area contributed by atoms with Gasteiger partial charge in [-0.05, 0) is 42.9 Å². The largest absolute Gasteiger partial charge is 0.387 e. The van der Waals surface area contributed by atoms with Gasteiger partial charge < -0.3 is 15.7 Å². The van der Waals surface area contributed by atoms with Gasteiger partial charge >= 0.3 is 0 Å². The van der Waals surface area contributed by atoms with E-state index in [1.165, 1.54) is 12.5 Å². The quantitative estimate of drug-likeness (QED) is 0.648. The predicted molar refractivity (Wildman–Crippen MR) is 91.9 cm³/mol. The fourth-order valence-electron chi connectivity index (χ4n) is 2.44. The number of nitrogens with two attached hydrogens (primary N) is 1. The molecule has 1 aliphatic carbocycles. The second kappa shape index (κ2) is 7.02. The average Bonchev–Trinajstić information content (AvgIpc) is 3.20. The summed E-state index contributed by atoms with van der Waals surface area (Å²) in [5.74, 6) is 2.16. The van der Waals surface area contributed by atoms with Crippen molar-refractivity contribution < 1.29 is 13.5 Å². The number of aliphatic hydroxyl groups excluding tert-OH is 1. The first-order valence-electron chi connectivity index (χ1n) is 7.87. The van der Waals surface area contributed by atoms with Crippen LogP contribution in [-0.4, -0.2) is 44.4 Å². The molecule has 8 heteroatoms. The summed E-state index contributed by atoms with van der Waals surface area (Å²) in [6.45, 7) is 4.69. The van der Waals surface area contributed by atoms with E-state index in [2.05, 4.69) is 16.6 Å². The second-order valence-corrected chi connectivity index (χ2v) is 8.27. The van der Waals surface area contributed by atoms with Crippen LogP contribution in [0.3, 0.4) is 0 Å². The number of sulfonamides is 1. The Labute approximate surface area is 137 Å². The van der Waals surface area contributed by atoms with Gasteiger partial charge in [-0.2, -0.15) is 0 Å². The number of rotatable bonds is 8. The summed E-state index contributed by atoms with van der Waals surface area (Å²) in [6.07, 6.45) is 0.347. The molecule has 0 aromatic carbocycles. The monoisotopic (exact) mass is 342 g/mol. The van der Waals surface area contributed by atoms with Crippen molar-refractivity contribution in [2.24, 2.45) is 17.6 Å². The van der Waals surface area contributed by atoms with Crippen LogP contribution in [0.5, 0.6) is 0 Å². The lowest BCUT2D eigenvalue weighted by Gasteiger charge is -2.21. The van der Waals surface area contributed by atoms with Crippen molar-refractivity contribution in [2.45, 2.75) is 26.4 Å². The molecule has 1 fully saturated rings. The van der Waals surface area contributed by atoms with Gasteiger partial charge in [-0.1, -0.05) is 6.92 Å². The fraction of sp³-hybridized carbons (Fsp3) is 0.667. The Bertz CT molecular complexity index is 650. The van der Waals surface area contributed by atoms with E-state index < -0.39 is 16.1 Å². The summed E-state index contributed by atoms with van der Waals surface area (Å²) >= 11 is 0. The van der Waals surface area contributed by atoms with E-state index in [0.29, 0.717) is 23.2 Å². The number of aliphatic hydroxyl groups is 1. The zero-order valence-electron chi connectivity index (χ0n) is 13.9. The topological polar surface area (TPSA) is 109 Å². The normalized spacial score (nSPS) is 21.8. The molecule has 3 atom stereocenters. The highest BCUT2D eigenvalue weighted by Gasteiger charge is 2.33. The smallest absolute Gasteiger partial charge is 0.233 e. The van der Waals surface area contributed by atoms with Gasteiger partial charge in [0, 0.05) is 20.1 Å². The van der Waals surface area contributed by atoms with E-state index in [0.717, 1.165) is 6.54 Å². The maximum atomic E-state index is 11.8. The van der Waals surface area contributed by atoms with E-state index in [1.54, 1.807) is 13.0 Å². The SMILES string of the molecule is CCS(=O)(=O)Nc1cc(C(O)CN)cc(N(C)CC2CC2C)n1. The van der Waals surface area contributed by atoms with Gasteiger partial charge in [-0.3, -0.25) is 4.72 Å². The molecule has 0 aliphatic heterocycles. The molecule has 3 unspecified atom stereocenters. The van der Waals surface area contributed by atoms with Crippen LogP contribution in [0.25, 0.3) is 0 Å². The Balaban J connectivity index is 2.28. The molecular formula is C15H26N4O3S. The first kappa shape index (κ1) is 18.0. The molecule has 1 aromatic heterocycles. The summed E-state index contributed by atoms with van der Waals surface area (Å²) in [7, 11) is -1.51. The Morgan fingerprint density at radius 3 is 2.70 bits per heavy atom. The molecular weight excluding hydrogens is 316 g/mol. The van der Waals surface area contributed by atoms with Crippen molar-refractivity contribution in [3.05, 3.63) is 17.7 Å². The van der Waals surface area contributed by atoms with Crippen molar-refractivity contribution in [1.82, 2.24) is 4.98 Å². The molecule has 0 saturated heterocycles. The second-order valence-electron chi connectivity index (χ2n) is 6.25. The lowest BCUT2D eigenvalue weighted by Crippen LogP contribution is -2.24. The van der Waals surface area contributed by atoms with E-state index in [-0.39, 0.29) is 18.1 Å². The zero-order chi connectivity index (χ0) is 17.2. The van der Waals surface area contributed by atoms with Gasteiger partial charge in [-0.15, -0.1) is 0 Å². The zero-order valence-corrected chi connectivity index (χ0v) is 14.7. The third kappa shape index (κ3) is 4.79. The first-order valence-corrected chi connectivity index (χ1v) is 9.52. The molecule has 7 nitrogen and oxygen atoms in total. The van der Waals surface area contributed by atoms with Crippen molar-refractivity contribution in [3.63, 3.8) is 0 Å². The summed E-state index contributed by atoms with van der Waals surface area (Å²) in [6, 6.07) is 3.29.